The van der Waals surface area contributed by atoms with Gasteiger partial charge < -0.3 is 5.11 Å². The summed E-state index contributed by atoms with van der Waals surface area (Å²) >= 11 is 0. The molecular weight excluding hydrogens is 226 g/mol. The zero-order chi connectivity index (χ0) is 10.8. The summed E-state index contributed by atoms with van der Waals surface area (Å²) in [5.74, 6) is 0.877. The lowest BCUT2D eigenvalue weighted by Gasteiger charge is -2.27. The second-order valence-electron chi connectivity index (χ2n) is 5.25. The van der Waals surface area contributed by atoms with Crippen LogP contribution in [0.25, 0.3) is 0 Å². The molecule has 3 fully saturated rings. The van der Waals surface area contributed by atoms with Crippen LogP contribution in [0.1, 0.15) is 38.5 Å². The highest BCUT2D eigenvalue weighted by atomic mass is 35.5. The monoisotopic (exact) mass is 247 g/mol. The minimum Gasteiger partial charge on any atom is -0.480 e. The standard InChI is InChI=1S/C12H21NO2.ClH/c1-13-7-6-9-2-4-10(5-3-9)8-11(13)12(14)15;/h9-11H,2-8H2,1H3,(H,14,15);1H. The fourth-order valence-electron chi connectivity index (χ4n) is 3.08. The van der Waals surface area contributed by atoms with Gasteiger partial charge in [0.2, 0.25) is 0 Å². The summed E-state index contributed by atoms with van der Waals surface area (Å²) in [7, 11) is 1.96. The van der Waals surface area contributed by atoms with E-state index in [4.69, 9.17) is 0 Å². The van der Waals surface area contributed by atoms with Crippen LogP contribution in [0.5, 0.6) is 0 Å². The minimum absolute atomic E-state index is 0. The first-order chi connectivity index (χ1) is 7.16. The predicted molar refractivity (Wildman–Crippen MR) is 66.0 cm³/mol. The number of carboxylic acid groups (broad SMARTS) is 1. The summed E-state index contributed by atoms with van der Waals surface area (Å²) in [6.07, 6.45) is 7.20. The highest BCUT2D eigenvalue weighted by Crippen LogP contribution is 2.35. The van der Waals surface area contributed by atoms with E-state index in [1.54, 1.807) is 0 Å². The van der Waals surface area contributed by atoms with E-state index < -0.39 is 5.97 Å². The van der Waals surface area contributed by atoms with Crippen LogP contribution in [-0.2, 0) is 4.79 Å². The maximum atomic E-state index is 11.2. The molecule has 1 N–H and O–H groups in total. The third-order valence-corrected chi connectivity index (χ3v) is 4.23. The van der Waals surface area contributed by atoms with Crippen LogP contribution in [0.4, 0.5) is 0 Å². The Bertz CT molecular complexity index is 239. The lowest BCUT2D eigenvalue weighted by atomic mass is 9.79. The smallest absolute Gasteiger partial charge is 0.320 e. The molecule has 1 atom stereocenters. The third-order valence-electron chi connectivity index (χ3n) is 4.23. The van der Waals surface area contributed by atoms with Gasteiger partial charge >= 0.3 is 5.97 Å². The van der Waals surface area contributed by atoms with E-state index in [0.29, 0.717) is 5.92 Å². The van der Waals surface area contributed by atoms with Gasteiger partial charge in [-0.25, -0.2) is 0 Å². The molecule has 0 spiro atoms. The summed E-state index contributed by atoms with van der Waals surface area (Å²) in [5, 5.41) is 9.20. The van der Waals surface area contributed by atoms with Crippen molar-refractivity contribution in [1.82, 2.24) is 4.90 Å². The zero-order valence-electron chi connectivity index (χ0n) is 9.89. The molecule has 2 bridgehead atoms. The largest absolute Gasteiger partial charge is 0.480 e. The van der Waals surface area contributed by atoms with E-state index in [2.05, 4.69) is 0 Å². The average Bonchev–Trinajstić information content (AvgIpc) is 2.34. The van der Waals surface area contributed by atoms with Gasteiger partial charge in [-0.1, -0.05) is 25.7 Å². The number of nitrogens with zero attached hydrogens (tertiary/aromatic N) is 1. The molecule has 0 aromatic heterocycles. The van der Waals surface area contributed by atoms with Crippen molar-refractivity contribution in [3.63, 3.8) is 0 Å². The molecule has 0 radical (unpaired) electrons. The number of fused-ring (bicyclic) bond motifs is 6. The van der Waals surface area contributed by atoms with Gasteiger partial charge in [0.1, 0.15) is 6.04 Å². The Hall–Kier alpha value is -0.280. The molecule has 2 aliphatic heterocycles. The molecule has 0 aromatic rings. The van der Waals surface area contributed by atoms with Crippen LogP contribution in [-0.4, -0.2) is 35.6 Å². The molecule has 1 unspecified atom stereocenters. The highest BCUT2D eigenvalue weighted by Gasteiger charge is 2.31. The second kappa shape index (κ2) is 5.87. The Morgan fingerprint density at radius 2 is 1.69 bits per heavy atom. The summed E-state index contributed by atoms with van der Waals surface area (Å²) < 4.78 is 0. The lowest BCUT2D eigenvalue weighted by Crippen LogP contribution is -2.39. The van der Waals surface area contributed by atoms with Crippen molar-refractivity contribution in [2.45, 2.75) is 44.6 Å². The third kappa shape index (κ3) is 3.11. The molecule has 3 nitrogen and oxygen atoms in total. The van der Waals surface area contributed by atoms with Crippen LogP contribution in [0.15, 0.2) is 0 Å². The van der Waals surface area contributed by atoms with Gasteiger partial charge in [0.15, 0.2) is 0 Å². The highest BCUT2D eigenvalue weighted by molar-refractivity contribution is 5.85. The Labute approximate surface area is 104 Å². The Kier molecular flexibility index (Phi) is 5.06. The number of rotatable bonds is 1. The van der Waals surface area contributed by atoms with Crippen LogP contribution >= 0.6 is 12.4 Å². The fourth-order valence-corrected chi connectivity index (χ4v) is 3.08. The van der Waals surface area contributed by atoms with Crippen molar-refractivity contribution in [2.75, 3.05) is 13.6 Å². The number of carbonyl (C=O) groups is 1. The first-order valence-electron chi connectivity index (χ1n) is 6.10. The van der Waals surface area contributed by atoms with E-state index in [1.165, 1.54) is 32.1 Å². The van der Waals surface area contributed by atoms with E-state index in [0.717, 1.165) is 18.9 Å². The van der Waals surface area contributed by atoms with Crippen molar-refractivity contribution in [3.8, 4) is 0 Å². The topological polar surface area (TPSA) is 40.5 Å². The molecule has 2 heterocycles. The van der Waals surface area contributed by atoms with Gasteiger partial charge in [-0.05, 0) is 38.3 Å². The molecule has 2 saturated heterocycles. The molecule has 0 aromatic carbocycles. The first kappa shape index (κ1) is 13.8. The fraction of sp³-hybridized carbons (Fsp3) is 0.917. The van der Waals surface area contributed by atoms with E-state index in [1.807, 2.05) is 11.9 Å². The van der Waals surface area contributed by atoms with E-state index in [-0.39, 0.29) is 18.4 Å². The maximum absolute atomic E-state index is 11.2. The Morgan fingerprint density at radius 1 is 1.12 bits per heavy atom. The Morgan fingerprint density at radius 3 is 2.25 bits per heavy atom. The van der Waals surface area contributed by atoms with Crippen LogP contribution < -0.4 is 0 Å². The van der Waals surface area contributed by atoms with Gasteiger partial charge in [-0.2, -0.15) is 0 Å². The molecule has 3 aliphatic rings. The van der Waals surface area contributed by atoms with E-state index >= 15 is 0 Å². The van der Waals surface area contributed by atoms with Gasteiger partial charge in [0, 0.05) is 0 Å². The van der Waals surface area contributed by atoms with Crippen molar-refractivity contribution in [1.29, 1.82) is 0 Å². The molecule has 4 heteroatoms. The number of aliphatic carboxylic acids is 1. The predicted octanol–water partition coefficient (Wildman–Crippen LogP) is 2.39. The van der Waals surface area contributed by atoms with Gasteiger partial charge in [0.25, 0.3) is 0 Å². The summed E-state index contributed by atoms with van der Waals surface area (Å²) in [6, 6.07) is -0.244. The average molecular weight is 248 g/mol. The molecule has 16 heavy (non-hydrogen) atoms. The van der Waals surface area contributed by atoms with Crippen LogP contribution in [0.3, 0.4) is 0 Å². The lowest BCUT2D eigenvalue weighted by molar-refractivity contribution is -0.143. The van der Waals surface area contributed by atoms with Crippen molar-refractivity contribution in [2.24, 2.45) is 11.8 Å². The minimum atomic E-state index is -0.636. The summed E-state index contributed by atoms with van der Waals surface area (Å²) in [4.78, 5) is 13.2. The Balaban J connectivity index is 0.00000128. The SMILES string of the molecule is CN1CCC2CCC(CC2)CC1C(=O)O.Cl. The van der Waals surface area contributed by atoms with Gasteiger partial charge in [-0.3, -0.25) is 9.69 Å². The van der Waals surface area contributed by atoms with Crippen molar-refractivity contribution < 1.29 is 9.90 Å². The normalized spacial score (nSPS) is 35.7. The number of hydrogen-bond donors (Lipinski definition) is 1. The summed E-state index contributed by atoms with van der Waals surface area (Å²) in [6.45, 7) is 0.953. The van der Waals surface area contributed by atoms with Gasteiger partial charge in [0.05, 0.1) is 0 Å². The molecule has 94 valence electrons. The van der Waals surface area contributed by atoms with Crippen molar-refractivity contribution in [3.05, 3.63) is 0 Å². The second-order valence-corrected chi connectivity index (χ2v) is 5.25. The zero-order valence-corrected chi connectivity index (χ0v) is 10.7. The van der Waals surface area contributed by atoms with Crippen LogP contribution in [0, 0.1) is 11.8 Å². The molecule has 1 saturated carbocycles. The summed E-state index contributed by atoms with van der Waals surface area (Å²) in [5.41, 5.74) is 0. The van der Waals surface area contributed by atoms with Crippen molar-refractivity contribution >= 4 is 18.4 Å². The van der Waals surface area contributed by atoms with E-state index in [9.17, 15) is 9.90 Å². The first-order valence-corrected chi connectivity index (χ1v) is 6.10. The molecular formula is C12H22ClNO2. The molecule has 1 aliphatic carbocycles. The van der Waals surface area contributed by atoms with Crippen LogP contribution in [0.2, 0.25) is 0 Å². The maximum Gasteiger partial charge on any atom is 0.320 e. The number of likely N-dealkylation sites (N-methyl/N-ethyl adjacent to an activating group) is 1. The molecule has 3 rings (SSSR count). The quantitative estimate of drug-likeness (QED) is 0.774. The number of hydrogen-bond acceptors (Lipinski definition) is 2. The number of halogens is 1. The molecule has 0 amide bonds. The van der Waals surface area contributed by atoms with Gasteiger partial charge in [-0.15, -0.1) is 12.4 Å². The number of carboxylic acids is 1.